The molecule has 1 aliphatic heterocycles. The van der Waals surface area contributed by atoms with Crippen molar-refractivity contribution >= 4 is 24.4 Å². The number of piperidine rings is 1. The number of thiol groups is 1. The monoisotopic (exact) mass is 264 g/mol. The standard InChI is InChI=1S/C13H16N2O2S/c16-12(8-9-3-5-10(18)6-4-9)15-11-2-1-7-14-13(11)17/h3-6,11,18H,1-2,7-8H2,(H,14,17)(H,15,16). The smallest absolute Gasteiger partial charge is 0.242 e. The summed E-state index contributed by atoms with van der Waals surface area (Å²) in [6.45, 7) is 0.703. The van der Waals surface area contributed by atoms with Gasteiger partial charge in [-0.3, -0.25) is 9.59 Å². The molecular weight excluding hydrogens is 248 g/mol. The highest BCUT2D eigenvalue weighted by Crippen LogP contribution is 2.09. The van der Waals surface area contributed by atoms with Crippen LogP contribution in [0.2, 0.25) is 0 Å². The maximum Gasteiger partial charge on any atom is 0.242 e. The molecule has 1 saturated heterocycles. The number of benzene rings is 1. The normalized spacial score (nSPS) is 19.2. The molecule has 0 spiro atoms. The van der Waals surface area contributed by atoms with E-state index in [0.29, 0.717) is 13.0 Å². The van der Waals surface area contributed by atoms with E-state index in [0.717, 1.165) is 16.9 Å². The Kier molecular flexibility index (Phi) is 4.25. The maximum absolute atomic E-state index is 11.8. The van der Waals surface area contributed by atoms with E-state index in [9.17, 15) is 9.59 Å². The Hall–Kier alpha value is -1.49. The molecule has 1 aromatic carbocycles. The highest BCUT2D eigenvalue weighted by Gasteiger charge is 2.23. The molecule has 2 N–H and O–H groups in total. The fourth-order valence-electron chi connectivity index (χ4n) is 1.95. The van der Waals surface area contributed by atoms with E-state index >= 15 is 0 Å². The Labute approximate surface area is 112 Å². The first-order valence-electron chi connectivity index (χ1n) is 6.00. The average molecular weight is 264 g/mol. The van der Waals surface area contributed by atoms with Gasteiger partial charge >= 0.3 is 0 Å². The third kappa shape index (κ3) is 3.50. The van der Waals surface area contributed by atoms with Crippen LogP contribution in [0.25, 0.3) is 0 Å². The van der Waals surface area contributed by atoms with E-state index in [1.54, 1.807) is 0 Å². The fraction of sp³-hybridized carbons (Fsp3) is 0.385. The van der Waals surface area contributed by atoms with Crippen LogP contribution in [-0.4, -0.2) is 24.4 Å². The lowest BCUT2D eigenvalue weighted by Crippen LogP contribution is -2.50. The molecule has 18 heavy (non-hydrogen) atoms. The molecule has 0 aliphatic carbocycles. The Morgan fingerprint density at radius 3 is 2.78 bits per heavy atom. The first-order valence-corrected chi connectivity index (χ1v) is 6.45. The molecule has 0 bridgehead atoms. The third-order valence-electron chi connectivity index (χ3n) is 2.92. The van der Waals surface area contributed by atoms with E-state index < -0.39 is 0 Å². The van der Waals surface area contributed by atoms with Crippen molar-refractivity contribution in [1.82, 2.24) is 10.6 Å². The number of rotatable bonds is 3. The SMILES string of the molecule is O=C(Cc1ccc(S)cc1)NC1CCCNC1=O. The van der Waals surface area contributed by atoms with Crippen LogP contribution in [0.1, 0.15) is 18.4 Å². The van der Waals surface area contributed by atoms with Crippen molar-refractivity contribution in [2.24, 2.45) is 0 Å². The summed E-state index contributed by atoms with van der Waals surface area (Å²) in [4.78, 5) is 24.2. The van der Waals surface area contributed by atoms with Crippen molar-refractivity contribution in [3.8, 4) is 0 Å². The van der Waals surface area contributed by atoms with E-state index in [4.69, 9.17) is 0 Å². The van der Waals surface area contributed by atoms with Gasteiger partial charge in [-0.1, -0.05) is 12.1 Å². The molecule has 2 amide bonds. The number of nitrogens with one attached hydrogen (secondary N) is 2. The molecule has 4 nitrogen and oxygen atoms in total. The fourth-order valence-corrected chi connectivity index (χ4v) is 2.10. The predicted molar refractivity (Wildman–Crippen MR) is 71.6 cm³/mol. The summed E-state index contributed by atoms with van der Waals surface area (Å²) >= 11 is 4.19. The van der Waals surface area contributed by atoms with Gasteiger partial charge in [0.15, 0.2) is 0 Å². The lowest BCUT2D eigenvalue weighted by Gasteiger charge is -2.22. The van der Waals surface area contributed by atoms with Crippen LogP contribution < -0.4 is 10.6 Å². The highest BCUT2D eigenvalue weighted by molar-refractivity contribution is 7.80. The van der Waals surface area contributed by atoms with Crippen molar-refractivity contribution in [1.29, 1.82) is 0 Å². The minimum Gasteiger partial charge on any atom is -0.354 e. The Bertz CT molecular complexity index is 445. The molecule has 1 aliphatic rings. The van der Waals surface area contributed by atoms with Crippen molar-refractivity contribution < 1.29 is 9.59 Å². The van der Waals surface area contributed by atoms with Crippen LogP contribution in [0, 0.1) is 0 Å². The molecule has 1 heterocycles. The van der Waals surface area contributed by atoms with E-state index in [1.807, 2.05) is 24.3 Å². The Balaban J connectivity index is 1.88. The average Bonchev–Trinajstić information content (AvgIpc) is 2.35. The second-order valence-corrected chi connectivity index (χ2v) is 4.91. The van der Waals surface area contributed by atoms with Gasteiger partial charge in [-0.25, -0.2) is 0 Å². The number of carbonyl (C=O) groups is 2. The van der Waals surface area contributed by atoms with Crippen LogP contribution in [-0.2, 0) is 16.0 Å². The van der Waals surface area contributed by atoms with Crippen LogP contribution in [0.3, 0.4) is 0 Å². The van der Waals surface area contributed by atoms with Gasteiger partial charge in [0.1, 0.15) is 6.04 Å². The van der Waals surface area contributed by atoms with Crippen LogP contribution in [0.5, 0.6) is 0 Å². The molecule has 0 radical (unpaired) electrons. The molecule has 2 rings (SSSR count). The van der Waals surface area contributed by atoms with Crippen molar-refractivity contribution in [3.63, 3.8) is 0 Å². The third-order valence-corrected chi connectivity index (χ3v) is 3.22. The molecule has 0 saturated carbocycles. The number of hydrogen-bond acceptors (Lipinski definition) is 3. The highest BCUT2D eigenvalue weighted by atomic mass is 32.1. The topological polar surface area (TPSA) is 58.2 Å². The zero-order chi connectivity index (χ0) is 13.0. The van der Waals surface area contributed by atoms with E-state index in [1.165, 1.54) is 0 Å². The molecular formula is C13H16N2O2S. The minimum atomic E-state index is -0.379. The number of carbonyl (C=O) groups excluding carboxylic acids is 2. The predicted octanol–water partition coefficient (Wildman–Crippen LogP) is 0.913. The van der Waals surface area contributed by atoms with Crippen molar-refractivity contribution in [3.05, 3.63) is 29.8 Å². The second-order valence-electron chi connectivity index (χ2n) is 4.40. The van der Waals surface area contributed by atoms with E-state index in [-0.39, 0.29) is 24.3 Å². The van der Waals surface area contributed by atoms with Gasteiger partial charge in [-0.15, -0.1) is 12.6 Å². The summed E-state index contributed by atoms with van der Waals surface area (Å²) in [5.74, 6) is -0.204. The van der Waals surface area contributed by atoms with Gasteiger partial charge < -0.3 is 10.6 Å². The van der Waals surface area contributed by atoms with Gasteiger partial charge in [-0.05, 0) is 30.5 Å². The largest absolute Gasteiger partial charge is 0.354 e. The van der Waals surface area contributed by atoms with Gasteiger partial charge in [-0.2, -0.15) is 0 Å². The Morgan fingerprint density at radius 1 is 1.39 bits per heavy atom. The number of amides is 2. The first kappa shape index (κ1) is 13.0. The minimum absolute atomic E-state index is 0.0830. The zero-order valence-corrected chi connectivity index (χ0v) is 10.9. The quantitative estimate of drug-likeness (QED) is 0.711. The van der Waals surface area contributed by atoms with Gasteiger partial charge in [0.05, 0.1) is 6.42 Å². The molecule has 1 atom stereocenters. The summed E-state index contributed by atoms with van der Waals surface area (Å²) in [5.41, 5.74) is 0.918. The van der Waals surface area contributed by atoms with E-state index in [2.05, 4.69) is 23.3 Å². The van der Waals surface area contributed by atoms with Crippen molar-refractivity contribution in [2.45, 2.75) is 30.2 Å². The van der Waals surface area contributed by atoms with Crippen LogP contribution in [0.4, 0.5) is 0 Å². The van der Waals surface area contributed by atoms with Crippen molar-refractivity contribution in [2.75, 3.05) is 6.54 Å². The van der Waals surface area contributed by atoms with Crippen LogP contribution in [0.15, 0.2) is 29.2 Å². The lowest BCUT2D eigenvalue weighted by atomic mass is 10.1. The summed E-state index contributed by atoms with van der Waals surface area (Å²) in [7, 11) is 0. The van der Waals surface area contributed by atoms with Gasteiger partial charge in [0.25, 0.3) is 0 Å². The summed E-state index contributed by atoms with van der Waals surface area (Å²) in [6, 6.07) is 7.04. The molecule has 96 valence electrons. The summed E-state index contributed by atoms with van der Waals surface area (Å²) in [6.07, 6.45) is 1.91. The summed E-state index contributed by atoms with van der Waals surface area (Å²) in [5, 5.41) is 5.51. The summed E-state index contributed by atoms with van der Waals surface area (Å²) < 4.78 is 0. The van der Waals surface area contributed by atoms with Crippen LogP contribution >= 0.6 is 12.6 Å². The number of hydrogen-bond donors (Lipinski definition) is 3. The molecule has 0 aromatic heterocycles. The second kappa shape index (κ2) is 5.91. The maximum atomic E-state index is 11.8. The molecule has 5 heteroatoms. The van der Waals surface area contributed by atoms with Gasteiger partial charge in [0.2, 0.25) is 11.8 Å². The molecule has 1 aromatic rings. The molecule has 1 unspecified atom stereocenters. The Morgan fingerprint density at radius 2 is 2.11 bits per heavy atom. The zero-order valence-electron chi connectivity index (χ0n) is 9.98. The molecule has 1 fully saturated rings. The van der Waals surface area contributed by atoms with Gasteiger partial charge in [0, 0.05) is 11.4 Å². The first-order chi connectivity index (χ1) is 8.65. The lowest BCUT2D eigenvalue weighted by molar-refractivity contribution is -0.129.